The second kappa shape index (κ2) is 10.5. The minimum atomic E-state index is -3.87. The number of sulfonamides is 1. The van der Waals surface area contributed by atoms with Gasteiger partial charge in [-0.15, -0.1) is 0 Å². The fourth-order valence-electron chi connectivity index (χ4n) is 2.90. The molecule has 0 aromatic heterocycles. The van der Waals surface area contributed by atoms with Crippen LogP contribution in [-0.4, -0.2) is 50.2 Å². The minimum absolute atomic E-state index is 0.0567. The number of likely N-dealkylation sites (N-methyl/N-ethyl adjacent to an activating group) is 1. The third-order valence-electron chi connectivity index (χ3n) is 4.77. The summed E-state index contributed by atoms with van der Waals surface area (Å²) in [5.74, 6) is -0.927. The van der Waals surface area contributed by atoms with E-state index in [9.17, 15) is 17.6 Å². The Labute approximate surface area is 172 Å². The average molecular weight is 422 g/mol. The molecule has 2 aromatic rings. The molecule has 0 aliphatic heterocycles. The molecule has 1 amide bonds. The minimum Gasteiger partial charge on any atom is -0.351 e. The predicted octanol–water partition coefficient (Wildman–Crippen LogP) is 2.60. The first-order valence-electron chi connectivity index (χ1n) is 9.55. The van der Waals surface area contributed by atoms with Gasteiger partial charge in [-0.3, -0.25) is 9.69 Å². The number of carbonyl (C=O) groups is 1. The van der Waals surface area contributed by atoms with E-state index in [1.165, 1.54) is 19.2 Å². The van der Waals surface area contributed by atoms with Crippen LogP contribution in [0.25, 0.3) is 0 Å². The Hall–Kier alpha value is -2.29. The molecule has 29 heavy (non-hydrogen) atoms. The van der Waals surface area contributed by atoms with Crippen LogP contribution in [0, 0.1) is 5.82 Å². The van der Waals surface area contributed by atoms with Gasteiger partial charge in [-0.2, -0.15) is 4.31 Å². The SMILES string of the molecule is CCN(CC)Cc1ccccc1CNC(=O)CN(C)S(=O)(=O)c1ccc(F)cc1. The van der Waals surface area contributed by atoms with E-state index < -0.39 is 21.7 Å². The van der Waals surface area contributed by atoms with Crippen molar-refractivity contribution in [2.24, 2.45) is 0 Å². The molecular formula is C21H28FN3O3S. The first-order valence-corrected chi connectivity index (χ1v) is 11.0. The fourth-order valence-corrected chi connectivity index (χ4v) is 4.02. The van der Waals surface area contributed by atoms with E-state index in [4.69, 9.17) is 0 Å². The Balaban J connectivity index is 1.99. The van der Waals surface area contributed by atoms with Gasteiger partial charge in [0.2, 0.25) is 15.9 Å². The monoisotopic (exact) mass is 421 g/mol. The van der Waals surface area contributed by atoms with Crippen LogP contribution in [0.15, 0.2) is 53.4 Å². The molecule has 0 radical (unpaired) electrons. The normalized spacial score (nSPS) is 11.8. The van der Waals surface area contributed by atoms with Gasteiger partial charge in [0.25, 0.3) is 0 Å². The fraction of sp³-hybridized carbons (Fsp3) is 0.381. The smallest absolute Gasteiger partial charge is 0.243 e. The standard InChI is InChI=1S/C21H28FN3O3S/c1-4-25(5-2)15-18-9-7-6-8-17(18)14-23-21(26)16-24(3)29(27,28)20-12-10-19(22)11-13-20/h6-13H,4-5,14-16H2,1-3H3,(H,23,26). The van der Waals surface area contributed by atoms with Crippen molar-refractivity contribution in [2.75, 3.05) is 26.7 Å². The van der Waals surface area contributed by atoms with Gasteiger partial charge in [0.1, 0.15) is 5.82 Å². The van der Waals surface area contributed by atoms with E-state index in [0.717, 1.165) is 47.2 Å². The van der Waals surface area contributed by atoms with Gasteiger partial charge >= 0.3 is 0 Å². The summed E-state index contributed by atoms with van der Waals surface area (Å²) in [7, 11) is -2.54. The molecule has 0 aliphatic rings. The van der Waals surface area contributed by atoms with Crippen molar-refractivity contribution < 1.29 is 17.6 Å². The van der Waals surface area contributed by atoms with Crippen molar-refractivity contribution in [3.05, 3.63) is 65.5 Å². The Kier molecular flexibility index (Phi) is 8.31. The summed E-state index contributed by atoms with van der Waals surface area (Å²) in [6.45, 7) is 6.86. The summed E-state index contributed by atoms with van der Waals surface area (Å²) >= 11 is 0. The number of nitrogens with one attached hydrogen (secondary N) is 1. The second-order valence-corrected chi connectivity index (χ2v) is 8.77. The van der Waals surface area contributed by atoms with Crippen LogP contribution in [0.2, 0.25) is 0 Å². The second-order valence-electron chi connectivity index (χ2n) is 6.72. The van der Waals surface area contributed by atoms with Gasteiger partial charge in [-0.05, 0) is 48.5 Å². The van der Waals surface area contributed by atoms with E-state index >= 15 is 0 Å². The Morgan fingerprint density at radius 1 is 1.00 bits per heavy atom. The van der Waals surface area contributed by atoms with Crippen LogP contribution in [-0.2, 0) is 27.9 Å². The first-order chi connectivity index (χ1) is 13.8. The summed E-state index contributed by atoms with van der Waals surface area (Å²) in [4.78, 5) is 14.5. The van der Waals surface area contributed by atoms with Crippen molar-refractivity contribution in [1.29, 1.82) is 0 Å². The van der Waals surface area contributed by atoms with Crippen LogP contribution < -0.4 is 5.32 Å². The topological polar surface area (TPSA) is 69.7 Å². The molecule has 8 heteroatoms. The van der Waals surface area contributed by atoms with Gasteiger partial charge in [-0.1, -0.05) is 38.1 Å². The predicted molar refractivity (Wildman–Crippen MR) is 111 cm³/mol. The highest BCUT2D eigenvalue weighted by molar-refractivity contribution is 7.89. The first kappa shape index (κ1) is 23.0. The van der Waals surface area contributed by atoms with Crippen LogP contribution in [0.3, 0.4) is 0 Å². The number of benzene rings is 2. The molecule has 0 fully saturated rings. The molecule has 6 nitrogen and oxygen atoms in total. The number of rotatable bonds is 10. The Morgan fingerprint density at radius 2 is 1.59 bits per heavy atom. The van der Waals surface area contributed by atoms with Crippen molar-refractivity contribution in [1.82, 2.24) is 14.5 Å². The van der Waals surface area contributed by atoms with Crippen LogP contribution in [0.5, 0.6) is 0 Å². The quantitative estimate of drug-likeness (QED) is 0.640. The molecule has 0 atom stereocenters. The lowest BCUT2D eigenvalue weighted by Crippen LogP contribution is -2.38. The van der Waals surface area contributed by atoms with E-state index in [-0.39, 0.29) is 11.4 Å². The van der Waals surface area contributed by atoms with Crippen molar-refractivity contribution >= 4 is 15.9 Å². The molecule has 2 rings (SSSR count). The van der Waals surface area contributed by atoms with Gasteiger partial charge < -0.3 is 5.32 Å². The summed E-state index contributed by atoms with van der Waals surface area (Å²) < 4.78 is 39.0. The highest BCUT2D eigenvalue weighted by Gasteiger charge is 2.23. The van der Waals surface area contributed by atoms with Crippen molar-refractivity contribution in [3.8, 4) is 0 Å². The number of halogens is 1. The lowest BCUT2D eigenvalue weighted by Gasteiger charge is -2.21. The van der Waals surface area contributed by atoms with Gasteiger partial charge in [0.05, 0.1) is 11.4 Å². The summed E-state index contributed by atoms with van der Waals surface area (Å²) in [5, 5.41) is 2.79. The third kappa shape index (κ3) is 6.35. The Morgan fingerprint density at radius 3 is 2.17 bits per heavy atom. The van der Waals surface area contributed by atoms with E-state index in [2.05, 4.69) is 24.1 Å². The lowest BCUT2D eigenvalue weighted by molar-refractivity contribution is -0.121. The summed E-state index contributed by atoms with van der Waals surface area (Å²) in [6, 6.07) is 12.4. The third-order valence-corrected chi connectivity index (χ3v) is 6.59. The average Bonchev–Trinajstić information content (AvgIpc) is 2.71. The number of hydrogen-bond acceptors (Lipinski definition) is 4. The summed E-state index contributed by atoms with van der Waals surface area (Å²) in [5.41, 5.74) is 2.13. The van der Waals surface area contributed by atoms with Crippen LogP contribution in [0.1, 0.15) is 25.0 Å². The Bertz CT molecular complexity index is 913. The highest BCUT2D eigenvalue weighted by atomic mass is 32.2. The molecule has 0 unspecified atom stereocenters. The molecule has 0 heterocycles. The maximum absolute atomic E-state index is 13.0. The molecule has 0 aliphatic carbocycles. The maximum Gasteiger partial charge on any atom is 0.243 e. The highest BCUT2D eigenvalue weighted by Crippen LogP contribution is 2.15. The zero-order valence-corrected chi connectivity index (χ0v) is 17.9. The molecule has 0 bridgehead atoms. The molecular weight excluding hydrogens is 393 g/mol. The van der Waals surface area contributed by atoms with Gasteiger partial charge in [0, 0.05) is 20.1 Å². The van der Waals surface area contributed by atoms with E-state index in [1.54, 1.807) is 0 Å². The zero-order valence-electron chi connectivity index (χ0n) is 17.1. The molecule has 158 valence electrons. The molecule has 2 aromatic carbocycles. The van der Waals surface area contributed by atoms with E-state index in [1.807, 2.05) is 24.3 Å². The van der Waals surface area contributed by atoms with Gasteiger partial charge in [0.15, 0.2) is 0 Å². The molecule has 0 spiro atoms. The van der Waals surface area contributed by atoms with E-state index in [0.29, 0.717) is 6.54 Å². The van der Waals surface area contributed by atoms with Gasteiger partial charge in [-0.25, -0.2) is 12.8 Å². The number of nitrogens with zero attached hydrogens (tertiary/aromatic N) is 2. The largest absolute Gasteiger partial charge is 0.351 e. The number of amides is 1. The van der Waals surface area contributed by atoms with Crippen LogP contribution >= 0.6 is 0 Å². The number of carbonyl (C=O) groups excluding carboxylic acids is 1. The molecule has 1 N–H and O–H groups in total. The van der Waals surface area contributed by atoms with Crippen molar-refractivity contribution in [3.63, 3.8) is 0 Å². The summed E-state index contributed by atoms with van der Waals surface area (Å²) in [6.07, 6.45) is 0. The van der Waals surface area contributed by atoms with Crippen LogP contribution in [0.4, 0.5) is 4.39 Å². The maximum atomic E-state index is 13.0. The molecule has 0 saturated heterocycles. The van der Waals surface area contributed by atoms with Crippen molar-refractivity contribution in [2.45, 2.75) is 31.8 Å². The lowest BCUT2D eigenvalue weighted by atomic mass is 10.1. The number of hydrogen-bond donors (Lipinski definition) is 1. The molecule has 0 saturated carbocycles. The zero-order chi connectivity index (χ0) is 21.4.